The Morgan fingerprint density at radius 3 is 2.45 bits per heavy atom. The van der Waals surface area contributed by atoms with E-state index in [-0.39, 0.29) is 24.5 Å². The second-order valence-corrected chi connectivity index (χ2v) is 7.96. The van der Waals surface area contributed by atoms with Crippen LogP contribution in [-0.2, 0) is 14.8 Å². The highest BCUT2D eigenvalue weighted by molar-refractivity contribution is 7.89. The highest BCUT2D eigenvalue weighted by Crippen LogP contribution is 2.31. The number of hydrogen-bond donors (Lipinski definition) is 3. The lowest BCUT2D eigenvalue weighted by atomic mass is 10.1. The molecule has 1 aromatic rings. The average molecular weight is 434 g/mol. The summed E-state index contributed by atoms with van der Waals surface area (Å²) in [6, 6.07) is 3.58. The Balaban J connectivity index is 1.99. The Bertz CT molecular complexity index is 933. The van der Waals surface area contributed by atoms with Crippen LogP contribution < -0.4 is 15.5 Å². The second-order valence-electron chi connectivity index (χ2n) is 6.09. The quantitative estimate of drug-likeness (QED) is 0.625. The van der Waals surface area contributed by atoms with Crippen molar-refractivity contribution in [2.75, 3.05) is 19.6 Å². The summed E-state index contributed by atoms with van der Waals surface area (Å²) >= 11 is 0. The zero-order valence-corrected chi connectivity index (χ0v) is 15.6. The summed E-state index contributed by atoms with van der Waals surface area (Å²) in [6.07, 6.45) is 1.03. The minimum absolute atomic E-state index is 0.175. The van der Waals surface area contributed by atoms with Crippen molar-refractivity contribution in [2.24, 2.45) is 0 Å². The molecule has 0 amide bonds. The molecule has 29 heavy (non-hydrogen) atoms. The number of allylic oxidation sites excluding steroid dienone is 2. The first kappa shape index (κ1) is 21.0. The topological polar surface area (TPSA) is 111 Å². The number of nitrogens with zero attached hydrogens (tertiary/aromatic N) is 2. The molecule has 1 unspecified atom stereocenters. The van der Waals surface area contributed by atoms with Gasteiger partial charge in [0.15, 0.2) is 0 Å². The van der Waals surface area contributed by atoms with Crippen molar-refractivity contribution in [1.82, 2.24) is 20.1 Å². The monoisotopic (exact) mass is 434 g/mol. The van der Waals surface area contributed by atoms with Crippen LogP contribution >= 0.6 is 0 Å². The molecule has 0 radical (unpaired) electrons. The fourth-order valence-electron chi connectivity index (χ4n) is 3.05. The summed E-state index contributed by atoms with van der Waals surface area (Å²) in [6.45, 7) is -0.218. The molecule has 1 aromatic carbocycles. The Morgan fingerprint density at radius 2 is 1.90 bits per heavy atom. The molecular weight excluding hydrogens is 417 g/mol. The number of ether oxygens (including phenoxy) is 1. The number of carboxylic acids is 1. The van der Waals surface area contributed by atoms with Gasteiger partial charge in [-0.1, -0.05) is 0 Å². The number of nitrogens with one attached hydrogen (secondary N) is 2. The molecular formula is C16H17F3N4O5S. The molecule has 9 nitrogen and oxygen atoms in total. The Kier molecular flexibility index (Phi) is 5.47. The van der Waals surface area contributed by atoms with Crippen LogP contribution in [0, 0.1) is 0 Å². The van der Waals surface area contributed by atoms with Gasteiger partial charge in [0, 0.05) is 32.0 Å². The number of hydrazine groups is 1. The maximum absolute atomic E-state index is 13.2. The van der Waals surface area contributed by atoms with E-state index in [1.165, 1.54) is 18.5 Å². The zero-order valence-electron chi connectivity index (χ0n) is 14.8. The lowest BCUT2D eigenvalue weighted by Crippen LogP contribution is -2.75. The van der Waals surface area contributed by atoms with Crippen LogP contribution in [-0.4, -0.2) is 60.5 Å². The fourth-order valence-corrected chi connectivity index (χ4v) is 4.75. The third-order valence-corrected chi connectivity index (χ3v) is 6.25. The number of hydrogen-bond acceptors (Lipinski definition) is 7. The molecule has 1 atom stereocenters. The molecule has 0 bridgehead atoms. The number of sulfonamides is 1. The van der Waals surface area contributed by atoms with E-state index in [2.05, 4.69) is 15.5 Å². The minimum Gasteiger partial charge on any atom is -0.478 e. The number of alkyl halides is 3. The van der Waals surface area contributed by atoms with Crippen molar-refractivity contribution in [3.63, 3.8) is 0 Å². The summed E-state index contributed by atoms with van der Waals surface area (Å²) in [5.74, 6) is -2.02. The molecule has 158 valence electrons. The summed E-state index contributed by atoms with van der Waals surface area (Å²) in [7, 11) is -4.39. The van der Waals surface area contributed by atoms with E-state index in [0.717, 1.165) is 33.6 Å². The number of aliphatic carboxylic acids is 1. The first-order valence-corrected chi connectivity index (χ1v) is 9.73. The summed E-state index contributed by atoms with van der Waals surface area (Å²) in [5.41, 5.74) is 0.651. The predicted octanol–water partition coefficient (Wildman–Crippen LogP) is 0.808. The van der Waals surface area contributed by atoms with Crippen LogP contribution in [0.15, 0.2) is 53.7 Å². The van der Waals surface area contributed by atoms with Crippen LogP contribution in [0.25, 0.3) is 0 Å². The van der Waals surface area contributed by atoms with Crippen molar-refractivity contribution in [3.8, 4) is 5.75 Å². The average Bonchev–Trinajstić information content (AvgIpc) is 2.67. The van der Waals surface area contributed by atoms with Crippen molar-refractivity contribution >= 4 is 16.0 Å². The van der Waals surface area contributed by atoms with E-state index in [1.807, 2.05) is 0 Å². The second kappa shape index (κ2) is 7.57. The van der Waals surface area contributed by atoms with Gasteiger partial charge in [0.1, 0.15) is 5.75 Å². The normalized spacial score (nSPS) is 22.9. The third kappa shape index (κ3) is 4.02. The van der Waals surface area contributed by atoms with Crippen LogP contribution in [0.1, 0.15) is 0 Å². The number of carbonyl (C=O) groups is 1. The lowest BCUT2D eigenvalue weighted by molar-refractivity contribution is -0.274. The third-order valence-electron chi connectivity index (χ3n) is 4.32. The van der Waals surface area contributed by atoms with Crippen molar-refractivity contribution in [2.45, 2.75) is 16.9 Å². The van der Waals surface area contributed by atoms with E-state index in [9.17, 15) is 31.5 Å². The first-order valence-electron chi connectivity index (χ1n) is 8.29. The van der Waals surface area contributed by atoms with Crippen molar-refractivity contribution < 1.29 is 36.2 Å². The summed E-state index contributed by atoms with van der Waals surface area (Å²) in [5, 5.41) is 14.0. The van der Waals surface area contributed by atoms with Crippen molar-refractivity contribution in [3.05, 3.63) is 48.8 Å². The van der Waals surface area contributed by atoms with Gasteiger partial charge in [0.05, 0.1) is 4.90 Å². The minimum atomic E-state index is -4.92. The molecule has 2 heterocycles. The van der Waals surface area contributed by atoms with Crippen molar-refractivity contribution in [1.29, 1.82) is 0 Å². The van der Waals surface area contributed by atoms with E-state index in [4.69, 9.17) is 0 Å². The number of benzene rings is 1. The number of rotatable bonds is 5. The van der Waals surface area contributed by atoms with Gasteiger partial charge in [0.2, 0.25) is 15.7 Å². The molecule has 0 spiro atoms. The first-order chi connectivity index (χ1) is 13.6. The fraction of sp³-hybridized carbons (Fsp3) is 0.312. The summed E-state index contributed by atoms with van der Waals surface area (Å²) in [4.78, 5) is 11.9. The molecule has 0 saturated carbocycles. The molecule has 3 rings (SSSR count). The van der Waals surface area contributed by atoms with Gasteiger partial charge in [-0.2, -0.15) is 4.31 Å². The zero-order chi connectivity index (χ0) is 21.3. The van der Waals surface area contributed by atoms with E-state index in [0.29, 0.717) is 0 Å². The Hall–Kier alpha value is -2.77. The maximum atomic E-state index is 13.2. The van der Waals surface area contributed by atoms with Crippen LogP contribution in [0.4, 0.5) is 13.2 Å². The largest absolute Gasteiger partial charge is 0.573 e. The van der Waals surface area contributed by atoms with Crippen LogP contribution in [0.3, 0.4) is 0 Å². The highest BCUT2D eigenvalue weighted by atomic mass is 32.2. The van der Waals surface area contributed by atoms with Gasteiger partial charge in [-0.25, -0.2) is 13.2 Å². The van der Waals surface area contributed by atoms with E-state index < -0.39 is 33.8 Å². The van der Waals surface area contributed by atoms with Crippen LogP contribution in [0.5, 0.6) is 5.75 Å². The molecule has 2 aliphatic heterocycles. The van der Waals surface area contributed by atoms with Gasteiger partial charge in [-0.3, -0.25) is 5.01 Å². The molecule has 1 saturated heterocycles. The molecule has 3 N–H and O–H groups in total. The van der Waals surface area contributed by atoms with Crippen LogP contribution in [0.2, 0.25) is 0 Å². The van der Waals surface area contributed by atoms with Gasteiger partial charge < -0.3 is 20.6 Å². The Labute approximate surface area is 164 Å². The van der Waals surface area contributed by atoms with Gasteiger partial charge in [-0.15, -0.1) is 13.2 Å². The smallest absolute Gasteiger partial charge is 0.478 e. The lowest BCUT2D eigenvalue weighted by Gasteiger charge is -2.48. The maximum Gasteiger partial charge on any atom is 0.573 e. The number of carboxylic acid groups (broad SMARTS) is 1. The van der Waals surface area contributed by atoms with Gasteiger partial charge in [0.25, 0.3) is 0 Å². The molecule has 13 heteroatoms. The Morgan fingerprint density at radius 1 is 1.21 bits per heavy atom. The molecule has 0 aromatic heterocycles. The molecule has 1 fully saturated rings. The van der Waals surface area contributed by atoms with E-state index >= 15 is 0 Å². The summed E-state index contributed by atoms with van der Waals surface area (Å²) < 4.78 is 67.9. The highest BCUT2D eigenvalue weighted by Gasteiger charge is 2.55. The van der Waals surface area contributed by atoms with E-state index in [1.54, 1.807) is 6.08 Å². The predicted molar refractivity (Wildman–Crippen MR) is 93.5 cm³/mol. The van der Waals surface area contributed by atoms with Gasteiger partial charge >= 0.3 is 12.3 Å². The SMILES string of the molecule is O=C(O)C1(N2C=CC=CN2)CNCCN1S(=O)(=O)c1ccc(OC(F)(F)F)cc1. The van der Waals surface area contributed by atoms with Gasteiger partial charge in [-0.05, 0) is 36.4 Å². The standard InChI is InChI=1S/C16H17F3N4O5S/c17-16(18,19)28-12-3-5-13(6-4-12)29(26,27)23-10-8-20-11-15(23,14(24)25)22-9-2-1-7-21-22/h1-7,9,20-21H,8,10-11H2,(H,24,25). The number of halogens is 3. The molecule has 0 aliphatic carbocycles. The number of piperazine rings is 1. The molecule has 2 aliphatic rings.